The number of rotatable bonds is 5. The molecule has 0 radical (unpaired) electrons. The Bertz CT molecular complexity index is 628. The van der Waals surface area contributed by atoms with Gasteiger partial charge in [0.2, 0.25) is 0 Å². The number of hydrogen-bond donors (Lipinski definition) is 1. The minimum atomic E-state index is -0.0556. The van der Waals surface area contributed by atoms with E-state index >= 15 is 0 Å². The van der Waals surface area contributed by atoms with Crippen LogP contribution in [0.1, 0.15) is 22.7 Å². The number of halogens is 1. The molecule has 0 aliphatic rings. The van der Waals surface area contributed by atoms with E-state index < -0.39 is 0 Å². The van der Waals surface area contributed by atoms with Crippen molar-refractivity contribution in [3.8, 4) is 11.5 Å². The predicted molar refractivity (Wildman–Crippen MR) is 89.1 cm³/mol. The van der Waals surface area contributed by atoms with Crippen molar-refractivity contribution in [3.05, 3.63) is 57.6 Å². The van der Waals surface area contributed by atoms with Crippen molar-refractivity contribution in [2.45, 2.75) is 19.4 Å². The molecule has 0 saturated heterocycles. The van der Waals surface area contributed by atoms with E-state index in [-0.39, 0.29) is 6.04 Å². The molecule has 0 bridgehead atoms. The van der Waals surface area contributed by atoms with Gasteiger partial charge in [-0.2, -0.15) is 0 Å². The quantitative estimate of drug-likeness (QED) is 0.886. The van der Waals surface area contributed by atoms with Gasteiger partial charge in [-0.15, -0.1) is 0 Å². The third kappa shape index (κ3) is 3.77. The summed E-state index contributed by atoms with van der Waals surface area (Å²) in [6.07, 6.45) is 0.746. The average Bonchev–Trinajstić information content (AvgIpc) is 2.49. The molecule has 0 heterocycles. The first-order chi connectivity index (χ1) is 10.0. The van der Waals surface area contributed by atoms with E-state index in [1.165, 1.54) is 5.56 Å². The lowest BCUT2D eigenvalue weighted by Gasteiger charge is -2.15. The molecule has 2 aromatic rings. The highest BCUT2D eigenvalue weighted by molar-refractivity contribution is 9.10. The van der Waals surface area contributed by atoms with Crippen LogP contribution in [0, 0.1) is 6.92 Å². The Hall–Kier alpha value is -1.52. The highest BCUT2D eigenvalue weighted by Crippen LogP contribution is 2.29. The minimum absolute atomic E-state index is 0.0556. The van der Waals surface area contributed by atoms with Crippen molar-refractivity contribution in [2.24, 2.45) is 5.73 Å². The molecule has 0 aliphatic heterocycles. The van der Waals surface area contributed by atoms with Gasteiger partial charge in [-0.1, -0.05) is 34.1 Å². The first kappa shape index (κ1) is 15.9. The second-order valence-corrected chi connectivity index (χ2v) is 5.86. The zero-order valence-electron chi connectivity index (χ0n) is 12.5. The number of nitrogens with two attached hydrogens (primary N) is 1. The third-order valence-electron chi connectivity index (χ3n) is 3.53. The molecule has 1 atom stereocenters. The molecule has 0 fully saturated rings. The second-order valence-electron chi connectivity index (χ2n) is 5.01. The van der Waals surface area contributed by atoms with E-state index in [2.05, 4.69) is 41.1 Å². The molecule has 0 amide bonds. The molecule has 4 heteroatoms. The van der Waals surface area contributed by atoms with Crippen LogP contribution in [0.15, 0.2) is 40.9 Å². The Morgan fingerprint density at radius 1 is 1.05 bits per heavy atom. The lowest BCUT2D eigenvalue weighted by molar-refractivity contribution is 0.354. The van der Waals surface area contributed by atoms with Gasteiger partial charge >= 0.3 is 0 Å². The summed E-state index contributed by atoms with van der Waals surface area (Å²) < 4.78 is 11.7. The van der Waals surface area contributed by atoms with Gasteiger partial charge in [-0.3, -0.25) is 0 Å². The number of methoxy groups -OCH3 is 2. The Morgan fingerprint density at radius 3 is 2.38 bits per heavy atom. The Balaban J connectivity index is 2.18. The SMILES string of the molecule is COc1ccc(CC(N)c2ccc(C)c(Br)c2)cc1OC. The smallest absolute Gasteiger partial charge is 0.160 e. The van der Waals surface area contributed by atoms with Crippen LogP contribution >= 0.6 is 15.9 Å². The summed E-state index contributed by atoms with van der Waals surface area (Å²) >= 11 is 3.55. The Morgan fingerprint density at radius 2 is 1.76 bits per heavy atom. The lowest BCUT2D eigenvalue weighted by Crippen LogP contribution is -2.13. The van der Waals surface area contributed by atoms with Crippen molar-refractivity contribution in [1.29, 1.82) is 0 Å². The van der Waals surface area contributed by atoms with Crippen LogP contribution in [0.5, 0.6) is 11.5 Å². The van der Waals surface area contributed by atoms with Crippen molar-refractivity contribution >= 4 is 15.9 Å². The first-order valence-electron chi connectivity index (χ1n) is 6.77. The zero-order chi connectivity index (χ0) is 15.4. The summed E-state index contributed by atoms with van der Waals surface area (Å²) in [5.41, 5.74) is 9.76. The fraction of sp³-hybridized carbons (Fsp3) is 0.294. The minimum Gasteiger partial charge on any atom is -0.493 e. The number of hydrogen-bond acceptors (Lipinski definition) is 3. The molecule has 2 N–H and O–H groups in total. The highest BCUT2D eigenvalue weighted by Gasteiger charge is 2.11. The number of aryl methyl sites for hydroxylation is 1. The summed E-state index contributed by atoms with van der Waals surface area (Å²) in [5.74, 6) is 1.46. The van der Waals surface area contributed by atoms with Crippen LogP contribution in [0.2, 0.25) is 0 Å². The molecule has 3 nitrogen and oxygen atoms in total. The molecule has 2 rings (SSSR count). The van der Waals surface area contributed by atoms with Crippen LogP contribution in [-0.4, -0.2) is 14.2 Å². The van der Waals surface area contributed by atoms with Crippen LogP contribution in [0.25, 0.3) is 0 Å². The van der Waals surface area contributed by atoms with Gasteiger partial charge < -0.3 is 15.2 Å². The van der Waals surface area contributed by atoms with E-state index in [1.54, 1.807) is 14.2 Å². The van der Waals surface area contributed by atoms with E-state index in [9.17, 15) is 0 Å². The molecule has 0 aromatic heterocycles. The Labute approximate surface area is 134 Å². The van der Waals surface area contributed by atoms with Crippen molar-refractivity contribution in [3.63, 3.8) is 0 Å². The molecule has 0 saturated carbocycles. The van der Waals surface area contributed by atoms with Crippen molar-refractivity contribution in [1.82, 2.24) is 0 Å². The molecular formula is C17H20BrNO2. The van der Waals surface area contributed by atoms with Crippen molar-refractivity contribution < 1.29 is 9.47 Å². The topological polar surface area (TPSA) is 44.5 Å². The summed E-state index contributed by atoms with van der Waals surface area (Å²) in [4.78, 5) is 0. The van der Waals surface area contributed by atoms with E-state index in [4.69, 9.17) is 15.2 Å². The fourth-order valence-electron chi connectivity index (χ4n) is 2.22. The maximum Gasteiger partial charge on any atom is 0.160 e. The monoisotopic (exact) mass is 349 g/mol. The summed E-state index contributed by atoms with van der Waals surface area (Å²) in [5, 5.41) is 0. The van der Waals surface area contributed by atoms with Crippen LogP contribution < -0.4 is 15.2 Å². The molecule has 0 aliphatic carbocycles. The first-order valence-corrected chi connectivity index (χ1v) is 7.57. The highest BCUT2D eigenvalue weighted by atomic mass is 79.9. The van der Waals surface area contributed by atoms with Crippen LogP contribution in [0.4, 0.5) is 0 Å². The van der Waals surface area contributed by atoms with Gasteiger partial charge in [0.15, 0.2) is 11.5 Å². The maximum atomic E-state index is 6.32. The van der Waals surface area contributed by atoms with E-state index in [0.717, 1.165) is 33.5 Å². The largest absolute Gasteiger partial charge is 0.493 e. The van der Waals surface area contributed by atoms with Gasteiger partial charge in [0.25, 0.3) is 0 Å². The maximum absolute atomic E-state index is 6.32. The lowest BCUT2D eigenvalue weighted by atomic mass is 9.98. The predicted octanol–water partition coefficient (Wildman–Crippen LogP) is 4.02. The normalized spacial score (nSPS) is 12.0. The van der Waals surface area contributed by atoms with Crippen molar-refractivity contribution in [2.75, 3.05) is 14.2 Å². The summed E-state index contributed by atoms with van der Waals surface area (Å²) in [7, 11) is 3.27. The van der Waals surface area contributed by atoms with Gasteiger partial charge in [0, 0.05) is 10.5 Å². The van der Waals surface area contributed by atoms with Crippen LogP contribution in [-0.2, 0) is 6.42 Å². The summed E-state index contributed by atoms with van der Waals surface area (Å²) in [6, 6.07) is 12.1. The second kappa shape index (κ2) is 6.96. The van der Waals surface area contributed by atoms with Gasteiger partial charge in [0.05, 0.1) is 14.2 Å². The molecular weight excluding hydrogens is 330 g/mol. The molecule has 0 spiro atoms. The third-order valence-corrected chi connectivity index (χ3v) is 4.38. The summed E-state index contributed by atoms with van der Waals surface area (Å²) in [6.45, 7) is 2.06. The van der Waals surface area contributed by atoms with E-state index in [0.29, 0.717) is 0 Å². The number of benzene rings is 2. The van der Waals surface area contributed by atoms with Gasteiger partial charge in [-0.05, 0) is 48.2 Å². The molecule has 1 unspecified atom stereocenters. The fourth-order valence-corrected chi connectivity index (χ4v) is 2.62. The average molecular weight is 350 g/mol. The van der Waals surface area contributed by atoms with Gasteiger partial charge in [0.1, 0.15) is 0 Å². The molecule has 2 aromatic carbocycles. The number of ether oxygens (including phenoxy) is 2. The zero-order valence-corrected chi connectivity index (χ0v) is 14.1. The van der Waals surface area contributed by atoms with Crippen LogP contribution in [0.3, 0.4) is 0 Å². The standard InChI is InChI=1S/C17H20BrNO2/c1-11-4-6-13(10-14(11)18)15(19)8-12-5-7-16(20-2)17(9-12)21-3/h4-7,9-10,15H,8,19H2,1-3H3. The molecule has 112 valence electrons. The van der Waals surface area contributed by atoms with Gasteiger partial charge in [-0.25, -0.2) is 0 Å². The molecule has 21 heavy (non-hydrogen) atoms. The Kier molecular flexibility index (Phi) is 5.26. The van der Waals surface area contributed by atoms with E-state index in [1.807, 2.05) is 18.2 Å².